The van der Waals surface area contributed by atoms with E-state index < -0.39 is 35.7 Å². The maximum atomic E-state index is 12.7. The summed E-state index contributed by atoms with van der Waals surface area (Å²) in [6.07, 6.45) is 22.3. The van der Waals surface area contributed by atoms with Crippen LogP contribution < -0.4 is 5.73 Å². The summed E-state index contributed by atoms with van der Waals surface area (Å²) in [5, 5.41) is 10.2. The molecule has 1 saturated heterocycles. The number of rotatable bonds is 37. The Kier molecular flexibility index (Phi) is 40.7. The van der Waals surface area contributed by atoms with Gasteiger partial charge in [-0.1, -0.05) is 293 Å². The highest BCUT2D eigenvalue weighted by atomic mass is 16.6. The van der Waals surface area contributed by atoms with Crippen molar-refractivity contribution in [3.8, 4) is 0 Å². The van der Waals surface area contributed by atoms with Gasteiger partial charge >= 0.3 is 29.8 Å². The van der Waals surface area contributed by atoms with Crippen LogP contribution >= 0.6 is 0 Å². The van der Waals surface area contributed by atoms with Crippen molar-refractivity contribution >= 4 is 35.6 Å². The van der Waals surface area contributed by atoms with E-state index in [1.807, 2.05) is 36.4 Å². The molecule has 6 aromatic carbocycles. The van der Waals surface area contributed by atoms with Gasteiger partial charge in [-0.15, -0.1) is 0 Å². The Labute approximate surface area is 601 Å². The Morgan fingerprint density at radius 1 is 0.490 bits per heavy atom. The molecule has 0 amide bonds. The van der Waals surface area contributed by atoms with Gasteiger partial charge < -0.3 is 20.3 Å². The number of cyclic esters (lactones) is 4. The highest BCUT2D eigenvalue weighted by molar-refractivity contribution is 6.05. The predicted octanol–water partition coefficient (Wildman–Crippen LogP) is 22.5. The topological polar surface area (TPSA) is 167 Å². The van der Waals surface area contributed by atoms with E-state index in [1.54, 1.807) is 0 Å². The number of carboxylic acid groups (broad SMARTS) is 1. The number of ketones is 1. The molecule has 0 bridgehead atoms. The third-order valence-electron chi connectivity index (χ3n) is 19.8. The van der Waals surface area contributed by atoms with Crippen molar-refractivity contribution in [1.29, 1.82) is 0 Å². The standard InChI is InChI=1S/C32H44O3.C27H32O3.C23H30.C4H11N.C4H2O3/c1-5-7-10-19-29(33)23-31(32(34)35)30(21-20-24(3)27-15-11-8-12-16-27)25(4)22-26(6-2)28-17-13-9-14-18-28;1-4-21(23-13-9-6-10-14-23)17-20(3)24(25-18-26(28)30-27(25)29)16-15-19(2)22-11-7-5-8-12-22;1-4-21(23-16-9-6-10-17-23)18-19(2)12-11-13-20(3)22-14-7-5-8-15-22;1-2-3-4-5;5-3-1-2-4(6)7-3/h8-9,11-18,24,26,30-31H,4-7,10,19-23H2,1-3H3,(H,34,35);5-14,19,21,24-25H,3-4,15-18H2,1-2H3;5-10,12,14-17,20-21H,4,11,13,18H2,1-3H3;2-5H2,1H3;1-2H/b;;19-12+;;. The number of allylic oxidation sites excluding steroid dienone is 4. The lowest BCUT2D eigenvalue weighted by atomic mass is 9.74. The maximum Gasteiger partial charge on any atom is 0.338 e. The Morgan fingerprint density at radius 3 is 1.23 bits per heavy atom. The van der Waals surface area contributed by atoms with Gasteiger partial charge in [-0.05, 0) is 184 Å². The molecule has 10 nitrogen and oxygen atoms in total. The molecule has 538 valence electrons. The molecule has 6 aromatic rings. The van der Waals surface area contributed by atoms with Crippen LogP contribution in [0.25, 0.3) is 0 Å². The van der Waals surface area contributed by atoms with E-state index in [4.69, 9.17) is 10.5 Å². The fraction of sp³-hybridized carbons (Fsp3) is 0.444. The zero-order valence-corrected chi connectivity index (χ0v) is 61.9. The summed E-state index contributed by atoms with van der Waals surface area (Å²) in [5.41, 5.74) is 16.7. The van der Waals surface area contributed by atoms with Crippen LogP contribution in [0.3, 0.4) is 0 Å². The number of carboxylic acids is 1. The van der Waals surface area contributed by atoms with E-state index in [9.17, 15) is 33.9 Å². The first-order valence-electron chi connectivity index (χ1n) is 37.2. The number of hydrogen-bond acceptors (Lipinski definition) is 9. The molecule has 100 heavy (non-hydrogen) atoms. The van der Waals surface area contributed by atoms with Crippen molar-refractivity contribution in [2.45, 2.75) is 226 Å². The molecule has 0 aromatic heterocycles. The number of nitrogens with two attached hydrogens (primary N) is 1. The Balaban J connectivity index is 0.000000297. The van der Waals surface area contributed by atoms with E-state index in [0.29, 0.717) is 41.9 Å². The number of benzene rings is 6. The normalized spacial score (nSPS) is 15.9. The minimum Gasteiger partial charge on any atom is -0.481 e. The van der Waals surface area contributed by atoms with Gasteiger partial charge in [0.05, 0.1) is 18.3 Å². The highest BCUT2D eigenvalue weighted by Gasteiger charge is 2.41. The van der Waals surface area contributed by atoms with Crippen LogP contribution in [0.15, 0.2) is 230 Å². The smallest absolute Gasteiger partial charge is 0.338 e. The lowest BCUT2D eigenvalue weighted by molar-refractivity contribution is -0.154. The van der Waals surface area contributed by atoms with E-state index in [2.05, 4.69) is 232 Å². The minimum atomic E-state index is -0.875. The fourth-order valence-corrected chi connectivity index (χ4v) is 13.4. The lowest BCUT2D eigenvalue weighted by Gasteiger charge is -2.29. The molecular formula is C90H119NO9. The molecule has 8 rings (SSSR count). The van der Waals surface area contributed by atoms with Crippen LogP contribution in [-0.2, 0) is 38.2 Å². The lowest BCUT2D eigenvalue weighted by Crippen LogP contribution is -2.28. The molecule has 10 unspecified atom stereocenters. The molecule has 0 radical (unpaired) electrons. The molecule has 2 aliphatic heterocycles. The number of carbonyl (C=O) groups excluding carboxylic acids is 5. The highest BCUT2D eigenvalue weighted by Crippen LogP contribution is 2.41. The van der Waals surface area contributed by atoms with Crippen molar-refractivity contribution in [3.63, 3.8) is 0 Å². The molecular weight excluding hydrogens is 1240 g/mol. The van der Waals surface area contributed by atoms with Gasteiger partial charge in [0.2, 0.25) is 0 Å². The summed E-state index contributed by atoms with van der Waals surface area (Å²) in [5.74, 6) is -1.48. The van der Waals surface area contributed by atoms with Crippen LogP contribution in [0.2, 0.25) is 0 Å². The van der Waals surface area contributed by atoms with Crippen molar-refractivity contribution in [2.75, 3.05) is 6.54 Å². The van der Waals surface area contributed by atoms with E-state index in [1.165, 1.54) is 77.5 Å². The van der Waals surface area contributed by atoms with Crippen molar-refractivity contribution < 1.29 is 43.3 Å². The minimum absolute atomic E-state index is 0.0344. The van der Waals surface area contributed by atoms with Crippen LogP contribution in [-0.4, -0.2) is 47.3 Å². The van der Waals surface area contributed by atoms with E-state index >= 15 is 0 Å². The summed E-state index contributed by atoms with van der Waals surface area (Å²) in [6, 6.07) is 63.4. The van der Waals surface area contributed by atoms with Crippen LogP contribution in [0, 0.1) is 23.7 Å². The number of aliphatic carboxylic acids is 1. The number of unbranched alkanes of at least 4 members (excludes halogenated alkanes) is 3. The van der Waals surface area contributed by atoms with Crippen molar-refractivity contribution in [2.24, 2.45) is 29.4 Å². The second kappa shape index (κ2) is 48.4. The summed E-state index contributed by atoms with van der Waals surface area (Å²) < 4.78 is 8.87. The Hall–Kier alpha value is -8.34. The molecule has 10 heteroatoms. The number of hydrogen-bond donors (Lipinski definition) is 2. The van der Waals surface area contributed by atoms with Crippen LogP contribution in [0.1, 0.15) is 260 Å². The average molecular weight is 1360 g/mol. The quantitative estimate of drug-likeness (QED) is 0.0166. The molecule has 10 atom stereocenters. The van der Waals surface area contributed by atoms with Gasteiger partial charge in [-0.2, -0.15) is 0 Å². The zero-order chi connectivity index (χ0) is 73.0. The zero-order valence-electron chi connectivity index (χ0n) is 61.9. The number of carbonyl (C=O) groups is 6. The third-order valence-corrected chi connectivity index (χ3v) is 19.8. The molecule has 0 spiro atoms. The first-order chi connectivity index (χ1) is 48.3. The maximum absolute atomic E-state index is 12.7. The van der Waals surface area contributed by atoms with E-state index in [0.717, 1.165) is 100 Å². The predicted molar refractivity (Wildman–Crippen MR) is 412 cm³/mol. The third kappa shape index (κ3) is 31.5. The SMILES string of the molecule is C=C(CC(CC)c1ccccc1)C(CCC(C)c1ccccc1)C(CC(=O)CCCCC)C(=O)O.C=C(CC(CC)c1ccccc1)C(CCC(C)c1ccccc1)C1CC(=O)OC1=O.CCC(C/C(C)=C/CCC(C)c1ccccc1)c1ccccc1.CCCCN.O=C1C=CC(=O)O1. The number of esters is 4. The first-order valence-corrected chi connectivity index (χ1v) is 37.2. The molecule has 0 saturated carbocycles. The summed E-state index contributed by atoms with van der Waals surface area (Å²) >= 11 is 0. The second-order valence-corrected chi connectivity index (χ2v) is 27.4. The molecule has 1 fully saturated rings. The van der Waals surface area contributed by atoms with Gasteiger partial charge in [-0.3, -0.25) is 19.2 Å². The first kappa shape index (κ1) is 84.1. The summed E-state index contributed by atoms with van der Waals surface area (Å²) in [6.45, 7) is 29.6. The Bertz CT molecular complexity index is 3360. The molecule has 3 N–H and O–H groups in total. The van der Waals surface area contributed by atoms with Gasteiger partial charge in [0, 0.05) is 25.0 Å². The van der Waals surface area contributed by atoms with E-state index in [-0.39, 0.29) is 36.4 Å². The second-order valence-electron chi connectivity index (χ2n) is 27.4. The summed E-state index contributed by atoms with van der Waals surface area (Å²) in [4.78, 5) is 69.2. The molecule has 2 aliphatic rings. The number of ether oxygens (including phenoxy) is 2. The van der Waals surface area contributed by atoms with Crippen molar-refractivity contribution in [1.82, 2.24) is 0 Å². The summed E-state index contributed by atoms with van der Waals surface area (Å²) in [7, 11) is 0. The molecule has 0 aliphatic carbocycles. The van der Waals surface area contributed by atoms with Crippen LogP contribution in [0.4, 0.5) is 0 Å². The Morgan fingerprint density at radius 2 is 0.880 bits per heavy atom. The molecule has 2 heterocycles. The monoisotopic (exact) mass is 1360 g/mol. The van der Waals surface area contributed by atoms with Crippen LogP contribution in [0.5, 0.6) is 0 Å². The fourth-order valence-electron chi connectivity index (χ4n) is 13.4. The average Bonchev–Trinajstić information content (AvgIpc) is 1.56. The van der Waals surface area contributed by atoms with Crippen molar-refractivity contribution in [3.05, 3.63) is 263 Å². The van der Waals surface area contributed by atoms with Gasteiger partial charge in [0.1, 0.15) is 5.78 Å². The van der Waals surface area contributed by atoms with Gasteiger partial charge in [0.15, 0.2) is 0 Å². The van der Waals surface area contributed by atoms with Gasteiger partial charge in [-0.25, -0.2) is 9.59 Å². The largest absolute Gasteiger partial charge is 0.481 e. The number of Topliss-reactive ketones (excluding diaryl/α,β-unsaturated/α-hetero) is 1. The van der Waals surface area contributed by atoms with Gasteiger partial charge in [0.25, 0.3) is 0 Å².